The predicted octanol–water partition coefficient (Wildman–Crippen LogP) is 4.40. The molecular weight excluding hydrogens is 360 g/mol. The average molecular weight is 382 g/mol. The van der Waals surface area contributed by atoms with Crippen LogP contribution in [0, 0.1) is 6.92 Å². The molecule has 1 fully saturated rings. The minimum atomic E-state index is -0.634. The second-order valence-corrected chi connectivity index (χ2v) is 7.97. The van der Waals surface area contributed by atoms with Crippen molar-refractivity contribution in [2.75, 3.05) is 18.4 Å². The largest absolute Gasteiger partial charge is 0.337 e. The summed E-state index contributed by atoms with van der Waals surface area (Å²) < 4.78 is 0. The molecular formula is C25H22N2O2. The molecule has 0 aliphatic carbocycles. The van der Waals surface area contributed by atoms with Crippen molar-refractivity contribution in [3.63, 3.8) is 0 Å². The van der Waals surface area contributed by atoms with E-state index in [1.54, 1.807) is 0 Å². The van der Waals surface area contributed by atoms with E-state index in [4.69, 9.17) is 0 Å². The number of hydrogen-bond acceptors (Lipinski definition) is 2. The molecule has 29 heavy (non-hydrogen) atoms. The first-order valence-electron chi connectivity index (χ1n) is 9.95. The van der Waals surface area contributed by atoms with Crippen LogP contribution in [0.4, 0.5) is 5.69 Å². The van der Waals surface area contributed by atoms with Gasteiger partial charge in [0.2, 0.25) is 5.91 Å². The van der Waals surface area contributed by atoms with Gasteiger partial charge < -0.3 is 10.2 Å². The van der Waals surface area contributed by atoms with Gasteiger partial charge in [0.15, 0.2) is 0 Å². The summed E-state index contributed by atoms with van der Waals surface area (Å²) in [5.74, 6) is -0.0165. The third kappa shape index (κ3) is 2.75. The average Bonchev–Trinajstić information content (AvgIpc) is 3.31. The third-order valence-electron chi connectivity index (χ3n) is 6.17. The predicted molar refractivity (Wildman–Crippen MR) is 114 cm³/mol. The van der Waals surface area contributed by atoms with Crippen molar-refractivity contribution in [1.29, 1.82) is 0 Å². The fraction of sp³-hybridized carbons (Fsp3) is 0.200. The van der Waals surface area contributed by atoms with Crippen LogP contribution in [0.3, 0.4) is 0 Å². The van der Waals surface area contributed by atoms with Gasteiger partial charge in [0.1, 0.15) is 0 Å². The van der Waals surface area contributed by atoms with E-state index in [1.165, 1.54) is 0 Å². The summed E-state index contributed by atoms with van der Waals surface area (Å²) in [5, 5.41) is 3.00. The molecule has 1 saturated heterocycles. The molecule has 0 radical (unpaired) electrons. The molecule has 2 amide bonds. The number of benzene rings is 3. The van der Waals surface area contributed by atoms with Gasteiger partial charge in [-0.15, -0.1) is 0 Å². The van der Waals surface area contributed by atoms with Crippen LogP contribution in [0.5, 0.6) is 0 Å². The molecule has 1 unspecified atom stereocenters. The van der Waals surface area contributed by atoms with Gasteiger partial charge in [-0.2, -0.15) is 0 Å². The number of rotatable bonds is 2. The maximum absolute atomic E-state index is 13.5. The molecule has 4 nitrogen and oxygen atoms in total. The van der Waals surface area contributed by atoms with Crippen molar-refractivity contribution in [2.45, 2.75) is 18.8 Å². The Bertz CT molecular complexity index is 1140. The quantitative estimate of drug-likeness (QED) is 0.714. The highest BCUT2D eigenvalue weighted by Gasteiger charge is 2.52. The lowest BCUT2D eigenvalue weighted by Crippen LogP contribution is -2.39. The zero-order valence-corrected chi connectivity index (χ0v) is 16.3. The van der Waals surface area contributed by atoms with Gasteiger partial charge in [-0.25, -0.2) is 0 Å². The lowest BCUT2D eigenvalue weighted by Gasteiger charge is -2.23. The first kappa shape index (κ1) is 17.7. The van der Waals surface area contributed by atoms with E-state index in [9.17, 15) is 9.59 Å². The number of amides is 2. The molecule has 0 bridgehead atoms. The first-order chi connectivity index (χ1) is 14.1. The normalized spacial score (nSPS) is 20.0. The zero-order chi connectivity index (χ0) is 20.0. The van der Waals surface area contributed by atoms with Crippen molar-refractivity contribution in [2.24, 2.45) is 0 Å². The highest BCUT2D eigenvalue weighted by molar-refractivity contribution is 6.08. The van der Waals surface area contributed by atoms with E-state index in [1.807, 2.05) is 78.6 Å². The summed E-state index contributed by atoms with van der Waals surface area (Å²) in [7, 11) is 0. The fourth-order valence-corrected chi connectivity index (χ4v) is 4.67. The maximum Gasteiger partial charge on any atom is 0.254 e. The Labute approximate surface area is 170 Å². The fourth-order valence-electron chi connectivity index (χ4n) is 4.67. The minimum absolute atomic E-state index is 0.000898. The van der Waals surface area contributed by atoms with Crippen LogP contribution in [-0.2, 0) is 10.2 Å². The Morgan fingerprint density at radius 3 is 2.66 bits per heavy atom. The Morgan fingerprint density at radius 1 is 1.00 bits per heavy atom. The van der Waals surface area contributed by atoms with Crippen LogP contribution in [-0.4, -0.2) is 29.8 Å². The van der Waals surface area contributed by atoms with Gasteiger partial charge in [0.25, 0.3) is 5.91 Å². The van der Waals surface area contributed by atoms with Gasteiger partial charge in [0.05, 0.1) is 5.41 Å². The number of para-hydroxylation sites is 1. The Balaban J connectivity index is 1.49. The van der Waals surface area contributed by atoms with Crippen molar-refractivity contribution in [1.82, 2.24) is 4.90 Å². The molecule has 1 atom stereocenters. The van der Waals surface area contributed by atoms with Crippen LogP contribution < -0.4 is 5.32 Å². The number of fused-ring (bicyclic) bond motifs is 2. The summed E-state index contributed by atoms with van der Waals surface area (Å²) in [6.07, 6.45) is 0.647. The monoisotopic (exact) mass is 382 g/mol. The first-order valence-corrected chi connectivity index (χ1v) is 9.95. The maximum atomic E-state index is 13.5. The number of nitrogens with one attached hydrogen (secondary N) is 1. The molecule has 2 heterocycles. The molecule has 1 N–H and O–H groups in total. The second kappa shape index (κ2) is 6.59. The summed E-state index contributed by atoms with van der Waals surface area (Å²) in [6.45, 7) is 3.04. The number of nitrogens with zero attached hydrogens (tertiary/aromatic N) is 1. The van der Waals surface area contributed by atoms with E-state index in [-0.39, 0.29) is 11.8 Å². The van der Waals surface area contributed by atoms with E-state index < -0.39 is 5.41 Å². The van der Waals surface area contributed by atoms with Gasteiger partial charge in [-0.1, -0.05) is 66.2 Å². The van der Waals surface area contributed by atoms with E-state index >= 15 is 0 Å². The van der Waals surface area contributed by atoms with Crippen molar-refractivity contribution < 1.29 is 9.59 Å². The van der Waals surface area contributed by atoms with Crippen molar-refractivity contribution in [3.8, 4) is 11.1 Å². The summed E-state index contributed by atoms with van der Waals surface area (Å²) in [5.41, 5.74) is 5.04. The minimum Gasteiger partial charge on any atom is -0.337 e. The molecule has 0 saturated carbocycles. The summed E-state index contributed by atoms with van der Waals surface area (Å²) >= 11 is 0. The molecule has 5 rings (SSSR count). The molecule has 2 aliphatic rings. The zero-order valence-electron chi connectivity index (χ0n) is 16.3. The van der Waals surface area contributed by atoms with Crippen molar-refractivity contribution >= 4 is 17.5 Å². The van der Waals surface area contributed by atoms with Crippen LogP contribution in [0.15, 0.2) is 72.8 Å². The van der Waals surface area contributed by atoms with Crippen LogP contribution in [0.1, 0.15) is 27.9 Å². The summed E-state index contributed by atoms with van der Waals surface area (Å²) in [6, 6.07) is 23.7. The molecule has 144 valence electrons. The Kier molecular flexibility index (Phi) is 4.02. The third-order valence-corrected chi connectivity index (χ3v) is 6.17. The van der Waals surface area contributed by atoms with E-state index in [2.05, 4.69) is 11.4 Å². The van der Waals surface area contributed by atoms with Gasteiger partial charge in [0, 0.05) is 24.3 Å². The molecule has 0 aromatic heterocycles. The van der Waals surface area contributed by atoms with Crippen LogP contribution in [0.2, 0.25) is 0 Å². The number of hydrogen-bond donors (Lipinski definition) is 1. The number of aryl methyl sites for hydroxylation is 1. The smallest absolute Gasteiger partial charge is 0.254 e. The highest BCUT2D eigenvalue weighted by atomic mass is 16.2. The van der Waals surface area contributed by atoms with Crippen LogP contribution >= 0.6 is 0 Å². The SMILES string of the molecule is Cc1cccc(-c2ccccc2C(=O)N2CCC3(C2)C(=O)Nc2ccccc23)c1. The van der Waals surface area contributed by atoms with Crippen molar-refractivity contribution in [3.05, 3.63) is 89.5 Å². The molecule has 3 aromatic rings. The lowest BCUT2D eigenvalue weighted by atomic mass is 9.81. The standard InChI is InChI=1S/C25H22N2O2/c1-17-7-6-8-18(15-17)19-9-2-3-10-20(19)23(28)27-14-13-25(16-27)21-11-4-5-12-22(21)26-24(25)29/h2-12,15H,13-14,16H2,1H3,(H,26,29). The number of likely N-dealkylation sites (tertiary alicyclic amines) is 1. The molecule has 4 heteroatoms. The Morgan fingerprint density at radius 2 is 1.79 bits per heavy atom. The Hall–Kier alpha value is -3.40. The van der Waals surface area contributed by atoms with Gasteiger partial charge >= 0.3 is 0 Å². The van der Waals surface area contributed by atoms with Crippen LogP contribution in [0.25, 0.3) is 11.1 Å². The topological polar surface area (TPSA) is 49.4 Å². The second-order valence-electron chi connectivity index (χ2n) is 7.97. The summed E-state index contributed by atoms with van der Waals surface area (Å²) in [4.78, 5) is 28.1. The van der Waals surface area contributed by atoms with Gasteiger partial charge in [-0.05, 0) is 42.2 Å². The molecule has 2 aliphatic heterocycles. The highest BCUT2D eigenvalue weighted by Crippen LogP contribution is 2.44. The lowest BCUT2D eigenvalue weighted by molar-refractivity contribution is -0.120. The molecule has 3 aromatic carbocycles. The van der Waals surface area contributed by atoms with E-state index in [0.29, 0.717) is 25.1 Å². The van der Waals surface area contributed by atoms with E-state index in [0.717, 1.165) is 27.9 Å². The molecule has 1 spiro atoms. The number of carbonyl (C=O) groups excluding carboxylic acids is 2. The number of anilines is 1. The van der Waals surface area contributed by atoms with Gasteiger partial charge in [-0.3, -0.25) is 9.59 Å². The number of carbonyl (C=O) groups is 2.